The standard InChI is InChI=1S/C16H19FN2/c1-11-8-14(10-15(17)9-11)16(18-3)12(2)13-4-6-19-7-5-13/h4-10,12,16,18H,1-3H3. The van der Waals surface area contributed by atoms with Crippen LogP contribution in [0.25, 0.3) is 0 Å². The SMILES string of the molecule is CNC(c1cc(C)cc(F)c1)C(C)c1ccncc1. The maximum Gasteiger partial charge on any atom is 0.123 e. The molecule has 2 rings (SSSR count). The Morgan fingerprint density at radius 2 is 1.79 bits per heavy atom. The first-order valence-corrected chi connectivity index (χ1v) is 6.46. The fraction of sp³-hybridized carbons (Fsp3) is 0.312. The summed E-state index contributed by atoms with van der Waals surface area (Å²) >= 11 is 0. The van der Waals surface area contributed by atoms with Gasteiger partial charge in [0, 0.05) is 24.4 Å². The van der Waals surface area contributed by atoms with Crippen molar-refractivity contribution < 1.29 is 4.39 Å². The van der Waals surface area contributed by atoms with E-state index in [4.69, 9.17) is 0 Å². The van der Waals surface area contributed by atoms with Crippen molar-refractivity contribution in [1.29, 1.82) is 0 Å². The Kier molecular flexibility index (Phi) is 4.27. The normalized spacial score (nSPS) is 14.1. The predicted molar refractivity (Wildman–Crippen MR) is 75.6 cm³/mol. The third kappa shape index (κ3) is 3.18. The number of nitrogens with one attached hydrogen (secondary N) is 1. The predicted octanol–water partition coefficient (Wildman–Crippen LogP) is 3.59. The number of nitrogens with zero attached hydrogens (tertiary/aromatic N) is 1. The van der Waals surface area contributed by atoms with Crippen molar-refractivity contribution in [1.82, 2.24) is 10.3 Å². The molecule has 0 bridgehead atoms. The highest BCUT2D eigenvalue weighted by Crippen LogP contribution is 2.30. The van der Waals surface area contributed by atoms with Gasteiger partial charge in [0.25, 0.3) is 0 Å². The second-order valence-electron chi connectivity index (χ2n) is 4.90. The van der Waals surface area contributed by atoms with E-state index in [-0.39, 0.29) is 17.8 Å². The summed E-state index contributed by atoms with van der Waals surface area (Å²) in [5.74, 6) is 0.0615. The number of pyridine rings is 1. The van der Waals surface area contributed by atoms with Crippen LogP contribution in [0, 0.1) is 12.7 Å². The highest BCUT2D eigenvalue weighted by Gasteiger charge is 2.19. The van der Waals surface area contributed by atoms with Crippen molar-refractivity contribution in [2.75, 3.05) is 7.05 Å². The number of halogens is 1. The van der Waals surface area contributed by atoms with Gasteiger partial charge in [0.15, 0.2) is 0 Å². The average molecular weight is 258 g/mol. The third-order valence-corrected chi connectivity index (χ3v) is 3.47. The molecule has 1 heterocycles. The van der Waals surface area contributed by atoms with Crippen molar-refractivity contribution in [2.45, 2.75) is 25.8 Å². The minimum atomic E-state index is -0.183. The van der Waals surface area contributed by atoms with Gasteiger partial charge in [-0.3, -0.25) is 4.98 Å². The van der Waals surface area contributed by atoms with E-state index in [0.29, 0.717) is 0 Å². The summed E-state index contributed by atoms with van der Waals surface area (Å²) in [5.41, 5.74) is 3.11. The van der Waals surface area contributed by atoms with Crippen LogP contribution in [-0.2, 0) is 0 Å². The molecule has 0 aliphatic carbocycles. The molecular weight excluding hydrogens is 239 g/mol. The molecule has 0 spiro atoms. The fourth-order valence-electron chi connectivity index (χ4n) is 2.51. The molecule has 0 radical (unpaired) electrons. The van der Waals surface area contributed by atoms with E-state index < -0.39 is 0 Å². The van der Waals surface area contributed by atoms with E-state index >= 15 is 0 Å². The Labute approximate surface area is 113 Å². The van der Waals surface area contributed by atoms with Gasteiger partial charge >= 0.3 is 0 Å². The van der Waals surface area contributed by atoms with Gasteiger partial charge in [0.05, 0.1) is 0 Å². The molecule has 100 valence electrons. The number of aromatic nitrogens is 1. The van der Waals surface area contributed by atoms with Crippen molar-refractivity contribution in [2.24, 2.45) is 0 Å². The van der Waals surface area contributed by atoms with Crippen LogP contribution < -0.4 is 5.32 Å². The van der Waals surface area contributed by atoms with E-state index in [0.717, 1.165) is 11.1 Å². The number of benzene rings is 1. The first-order valence-electron chi connectivity index (χ1n) is 6.46. The number of hydrogen-bond acceptors (Lipinski definition) is 2. The zero-order valence-electron chi connectivity index (χ0n) is 11.5. The Morgan fingerprint density at radius 1 is 1.11 bits per heavy atom. The van der Waals surface area contributed by atoms with E-state index in [1.54, 1.807) is 24.5 Å². The highest BCUT2D eigenvalue weighted by atomic mass is 19.1. The van der Waals surface area contributed by atoms with Crippen molar-refractivity contribution >= 4 is 0 Å². The molecule has 1 N–H and O–H groups in total. The lowest BCUT2D eigenvalue weighted by molar-refractivity contribution is 0.503. The maximum atomic E-state index is 13.6. The van der Waals surface area contributed by atoms with E-state index in [2.05, 4.69) is 17.2 Å². The summed E-state index contributed by atoms with van der Waals surface area (Å²) < 4.78 is 13.6. The summed E-state index contributed by atoms with van der Waals surface area (Å²) in [7, 11) is 1.91. The first kappa shape index (κ1) is 13.7. The van der Waals surface area contributed by atoms with Gasteiger partial charge in [0.1, 0.15) is 5.82 Å². The first-order chi connectivity index (χ1) is 9.11. The van der Waals surface area contributed by atoms with Gasteiger partial charge < -0.3 is 5.32 Å². The van der Waals surface area contributed by atoms with Gasteiger partial charge in [-0.15, -0.1) is 0 Å². The zero-order chi connectivity index (χ0) is 13.8. The van der Waals surface area contributed by atoms with Crippen molar-refractivity contribution in [3.63, 3.8) is 0 Å². The van der Waals surface area contributed by atoms with Crippen molar-refractivity contribution in [3.05, 3.63) is 65.2 Å². The molecule has 0 aliphatic heterocycles. The summed E-state index contributed by atoms with van der Waals surface area (Å²) in [5, 5.41) is 3.28. The lowest BCUT2D eigenvalue weighted by atomic mass is 9.88. The van der Waals surface area contributed by atoms with E-state index in [1.165, 1.54) is 5.56 Å². The monoisotopic (exact) mass is 258 g/mol. The molecule has 2 unspecified atom stereocenters. The third-order valence-electron chi connectivity index (χ3n) is 3.47. The van der Waals surface area contributed by atoms with Gasteiger partial charge in [-0.2, -0.15) is 0 Å². The zero-order valence-corrected chi connectivity index (χ0v) is 11.5. The Balaban J connectivity index is 2.34. The quantitative estimate of drug-likeness (QED) is 0.906. The lowest BCUT2D eigenvalue weighted by Crippen LogP contribution is -2.22. The van der Waals surface area contributed by atoms with Gasteiger partial charge in [0.2, 0.25) is 0 Å². The van der Waals surface area contributed by atoms with Crippen LogP contribution in [0.5, 0.6) is 0 Å². The molecule has 2 atom stereocenters. The minimum Gasteiger partial charge on any atom is -0.312 e. The number of aryl methyl sites for hydroxylation is 1. The molecule has 2 nitrogen and oxygen atoms in total. The summed E-state index contributed by atoms with van der Waals surface area (Å²) in [4.78, 5) is 4.03. The van der Waals surface area contributed by atoms with Crippen LogP contribution >= 0.6 is 0 Å². The Morgan fingerprint density at radius 3 is 2.37 bits per heavy atom. The van der Waals surface area contributed by atoms with Gasteiger partial charge in [-0.25, -0.2) is 4.39 Å². The molecule has 1 aromatic carbocycles. The molecule has 1 aromatic heterocycles. The fourth-order valence-corrected chi connectivity index (χ4v) is 2.51. The van der Waals surface area contributed by atoms with Crippen LogP contribution in [0.1, 0.15) is 35.6 Å². The molecule has 0 saturated carbocycles. The van der Waals surface area contributed by atoms with Gasteiger partial charge in [-0.05, 0) is 54.9 Å². The molecule has 3 heteroatoms. The molecule has 0 fully saturated rings. The molecule has 0 amide bonds. The van der Waals surface area contributed by atoms with Crippen LogP contribution in [0.15, 0.2) is 42.7 Å². The smallest absolute Gasteiger partial charge is 0.123 e. The molecule has 0 aliphatic rings. The summed E-state index contributed by atoms with van der Waals surface area (Å²) in [6, 6.07) is 9.26. The second kappa shape index (κ2) is 5.93. The summed E-state index contributed by atoms with van der Waals surface area (Å²) in [6.45, 7) is 4.05. The van der Waals surface area contributed by atoms with Gasteiger partial charge in [-0.1, -0.05) is 13.0 Å². The maximum absolute atomic E-state index is 13.6. The second-order valence-corrected chi connectivity index (χ2v) is 4.90. The highest BCUT2D eigenvalue weighted by molar-refractivity contribution is 5.30. The topological polar surface area (TPSA) is 24.9 Å². The van der Waals surface area contributed by atoms with Crippen LogP contribution in [0.3, 0.4) is 0 Å². The van der Waals surface area contributed by atoms with Crippen LogP contribution in [0.4, 0.5) is 4.39 Å². The molecular formula is C16H19FN2. The number of rotatable bonds is 4. The average Bonchev–Trinajstić information content (AvgIpc) is 2.39. The number of hydrogen-bond donors (Lipinski definition) is 1. The Hall–Kier alpha value is -1.74. The minimum absolute atomic E-state index is 0.0804. The molecule has 2 aromatic rings. The molecule has 0 saturated heterocycles. The van der Waals surface area contributed by atoms with E-state index in [1.807, 2.05) is 32.2 Å². The Bertz CT molecular complexity index is 519. The largest absolute Gasteiger partial charge is 0.312 e. The van der Waals surface area contributed by atoms with Crippen LogP contribution in [0.2, 0.25) is 0 Å². The summed E-state index contributed by atoms with van der Waals surface area (Å²) in [6.07, 6.45) is 3.57. The van der Waals surface area contributed by atoms with Crippen LogP contribution in [-0.4, -0.2) is 12.0 Å². The van der Waals surface area contributed by atoms with E-state index in [9.17, 15) is 4.39 Å². The van der Waals surface area contributed by atoms with Crippen molar-refractivity contribution in [3.8, 4) is 0 Å². The lowest BCUT2D eigenvalue weighted by Gasteiger charge is -2.24. The number of likely N-dealkylation sites (N-methyl/N-ethyl adjacent to an activating group) is 1. The molecule has 19 heavy (non-hydrogen) atoms.